The van der Waals surface area contributed by atoms with Gasteiger partial charge in [-0.1, -0.05) is 18.2 Å². The zero-order valence-corrected chi connectivity index (χ0v) is 14.3. The molecule has 5 nitrogen and oxygen atoms in total. The van der Waals surface area contributed by atoms with Gasteiger partial charge >= 0.3 is 5.97 Å². The molecule has 0 bridgehead atoms. The molecule has 5 heteroatoms. The number of carboxylic acid groups (broad SMARTS) is 1. The quantitative estimate of drug-likeness (QED) is 0.793. The van der Waals surface area contributed by atoms with E-state index in [4.69, 9.17) is 0 Å². The molecule has 2 aliphatic rings. The lowest BCUT2D eigenvalue weighted by Gasteiger charge is -2.47. The first-order chi connectivity index (χ1) is 11.5. The number of hydrogen-bond acceptors (Lipinski definition) is 3. The number of fused-ring (bicyclic) bond motifs is 4. The Bertz CT molecular complexity index is 772. The second kappa shape index (κ2) is 5.60. The van der Waals surface area contributed by atoms with Crippen molar-refractivity contribution in [3.8, 4) is 0 Å². The van der Waals surface area contributed by atoms with Crippen LogP contribution < -0.4 is 5.32 Å². The van der Waals surface area contributed by atoms with E-state index in [0.717, 1.165) is 31.4 Å². The Hall–Kier alpha value is -1.85. The van der Waals surface area contributed by atoms with Gasteiger partial charge in [-0.15, -0.1) is 0 Å². The van der Waals surface area contributed by atoms with Crippen LogP contribution >= 0.6 is 0 Å². The van der Waals surface area contributed by atoms with Gasteiger partial charge in [-0.05, 0) is 38.3 Å². The van der Waals surface area contributed by atoms with Crippen molar-refractivity contribution in [3.05, 3.63) is 35.5 Å². The highest BCUT2D eigenvalue weighted by Crippen LogP contribution is 2.41. The minimum atomic E-state index is -0.753. The number of carboxylic acids is 1. The SMILES string of the molecule is CC(C)N1CCC2(CC1)N[C@@H](C(=O)O)Cc1c2[nH]c2ccccc12. The summed E-state index contributed by atoms with van der Waals surface area (Å²) in [6.07, 6.45) is 2.42. The number of benzene rings is 1. The third-order valence-electron chi connectivity index (χ3n) is 5.83. The van der Waals surface area contributed by atoms with Crippen molar-refractivity contribution in [2.75, 3.05) is 13.1 Å². The Balaban J connectivity index is 1.79. The molecule has 1 saturated heterocycles. The Kier molecular flexibility index (Phi) is 3.66. The zero-order chi connectivity index (χ0) is 16.9. The largest absolute Gasteiger partial charge is 0.480 e. The maximum Gasteiger partial charge on any atom is 0.321 e. The highest BCUT2D eigenvalue weighted by Gasteiger charge is 2.45. The molecule has 24 heavy (non-hydrogen) atoms. The summed E-state index contributed by atoms with van der Waals surface area (Å²) in [6, 6.07) is 8.26. The first kappa shape index (κ1) is 15.7. The number of nitrogens with zero attached hydrogens (tertiary/aromatic N) is 1. The fraction of sp³-hybridized carbons (Fsp3) is 0.526. The number of nitrogens with one attached hydrogen (secondary N) is 2. The molecule has 1 atom stereocenters. The molecule has 1 aromatic carbocycles. The molecule has 1 fully saturated rings. The summed E-state index contributed by atoms with van der Waals surface area (Å²) < 4.78 is 0. The van der Waals surface area contributed by atoms with Gasteiger partial charge in [0.25, 0.3) is 0 Å². The van der Waals surface area contributed by atoms with Crippen LogP contribution in [-0.2, 0) is 16.8 Å². The predicted octanol–water partition coefficient (Wildman–Crippen LogP) is 2.47. The molecule has 2 aliphatic heterocycles. The standard InChI is InChI=1S/C19H25N3O2/c1-12(2)22-9-7-19(8-10-22)17-14(11-16(21-19)18(23)24)13-5-3-4-6-15(13)20-17/h3-6,12,16,20-21H,7-11H2,1-2H3,(H,23,24)/t16-/m1/s1. The number of hydrogen-bond donors (Lipinski definition) is 3. The lowest BCUT2D eigenvalue weighted by atomic mass is 9.77. The van der Waals surface area contributed by atoms with E-state index in [-0.39, 0.29) is 5.54 Å². The molecular formula is C19H25N3O2. The van der Waals surface area contributed by atoms with Gasteiger partial charge < -0.3 is 15.0 Å². The second-order valence-electron chi connectivity index (χ2n) is 7.48. The van der Waals surface area contributed by atoms with E-state index >= 15 is 0 Å². The molecule has 0 aliphatic carbocycles. The maximum atomic E-state index is 11.7. The van der Waals surface area contributed by atoms with E-state index < -0.39 is 12.0 Å². The molecule has 3 N–H and O–H groups in total. The summed E-state index contributed by atoms with van der Waals surface area (Å²) in [6.45, 7) is 6.43. The summed E-state index contributed by atoms with van der Waals surface area (Å²) in [4.78, 5) is 17.8. The van der Waals surface area contributed by atoms with Crippen molar-refractivity contribution in [2.24, 2.45) is 0 Å². The minimum absolute atomic E-state index is 0.249. The predicted molar refractivity (Wildman–Crippen MR) is 94.2 cm³/mol. The van der Waals surface area contributed by atoms with Crippen molar-refractivity contribution >= 4 is 16.9 Å². The first-order valence-electron chi connectivity index (χ1n) is 8.85. The number of carbonyl (C=O) groups is 1. The van der Waals surface area contributed by atoms with E-state index in [1.54, 1.807) is 0 Å². The van der Waals surface area contributed by atoms with E-state index in [9.17, 15) is 9.90 Å². The fourth-order valence-corrected chi connectivity index (χ4v) is 4.45. The van der Waals surface area contributed by atoms with E-state index in [2.05, 4.69) is 41.2 Å². The molecule has 3 heterocycles. The number of para-hydroxylation sites is 1. The van der Waals surface area contributed by atoms with Crippen molar-refractivity contribution in [1.82, 2.24) is 15.2 Å². The molecule has 0 amide bonds. The summed E-state index contributed by atoms with van der Waals surface area (Å²) in [5.41, 5.74) is 3.27. The number of likely N-dealkylation sites (tertiary alicyclic amines) is 1. The average Bonchev–Trinajstić information content (AvgIpc) is 2.95. The fourth-order valence-electron chi connectivity index (χ4n) is 4.45. The monoisotopic (exact) mass is 327 g/mol. The number of rotatable bonds is 2. The normalized spacial score (nSPS) is 23.7. The molecule has 0 radical (unpaired) electrons. The smallest absolute Gasteiger partial charge is 0.321 e. The van der Waals surface area contributed by atoms with Gasteiger partial charge in [0.15, 0.2) is 0 Å². The van der Waals surface area contributed by atoms with Gasteiger partial charge in [-0.3, -0.25) is 10.1 Å². The molecule has 1 spiro atoms. The van der Waals surface area contributed by atoms with Crippen LogP contribution in [-0.4, -0.2) is 46.1 Å². The molecule has 2 aromatic rings. The van der Waals surface area contributed by atoms with Crippen molar-refractivity contribution in [2.45, 2.75) is 50.7 Å². The molecule has 0 saturated carbocycles. The van der Waals surface area contributed by atoms with Crippen LogP contribution in [0.2, 0.25) is 0 Å². The van der Waals surface area contributed by atoms with Gasteiger partial charge in [0.05, 0.1) is 5.54 Å². The highest BCUT2D eigenvalue weighted by atomic mass is 16.4. The summed E-state index contributed by atoms with van der Waals surface area (Å²) in [5, 5.41) is 14.3. The van der Waals surface area contributed by atoms with E-state index in [0.29, 0.717) is 12.5 Å². The Morgan fingerprint density at radius 1 is 1.29 bits per heavy atom. The minimum Gasteiger partial charge on any atom is -0.480 e. The van der Waals surface area contributed by atoms with Gasteiger partial charge in [0, 0.05) is 42.1 Å². The maximum absolute atomic E-state index is 11.7. The second-order valence-corrected chi connectivity index (χ2v) is 7.48. The molecule has 1 aromatic heterocycles. The van der Waals surface area contributed by atoms with Crippen molar-refractivity contribution < 1.29 is 9.90 Å². The van der Waals surface area contributed by atoms with Crippen LogP contribution in [0.3, 0.4) is 0 Å². The number of piperidine rings is 1. The first-order valence-corrected chi connectivity index (χ1v) is 8.85. The third kappa shape index (κ3) is 2.34. The van der Waals surface area contributed by atoms with Gasteiger partial charge in [-0.2, -0.15) is 0 Å². The van der Waals surface area contributed by atoms with Crippen molar-refractivity contribution in [1.29, 1.82) is 0 Å². The van der Waals surface area contributed by atoms with Crippen molar-refractivity contribution in [3.63, 3.8) is 0 Å². The average molecular weight is 327 g/mol. The Morgan fingerprint density at radius 2 is 2.00 bits per heavy atom. The lowest BCUT2D eigenvalue weighted by molar-refractivity contribution is -0.140. The van der Waals surface area contributed by atoms with Gasteiger partial charge in [-0.25, -0.2) is 0 Å². The summed E-state index contributed by atoms with van der Waals surface area (Å²) in [7, 11) is 0. The number of H-pyrrole nitrogens is 1. The van der Waals surface area contributed by atoms with Crippen LogP contribution in [0.25, 0.3) is 10.9 Å². The van der Waals surface area contributed by atoms with E-state index in [1.807, 2.05) is 12.1 Å². The Labute approximate surface area is 142 Å². The molecule has 0 unspecified atom stereocenters. The van der Waals surface area contributed by atoms with Gasteiger partial charge in [0.2, 0.25) is 0 Å². The lowest BCUT2D eigenvalue weighted by Crippen LogP contribution is -2.60. The van der Waals surface area contributed by atoms with Crippen LogP contribution in [0, 0.1) is 0 Å². The van der Waals surface area contributed by atoms with Crippen LogP contribution in [0.4, 0.5) is 0 Å². The number of aromatic nitrogens is 1. The van der Waals surface area contributed by atoms with Gasteiger partial charge in [0.1, 0.15) is 6.04 Å². The van der Waals surface area contributed by atoms with Crippen LogP contribution in [0.1, 0.15) is 37.9 Å². The molecular weight excluding hydrogens is 302 g/mol. The summed E-state index contributed by atoms with van der Waals surface area (Å²) >= 11 is 0. The zero-order valence-electron chi connectivity index (χ0n) is 14.3. The molecule has 4 rings (SSSR count). The Morgan fingerprint density at radius 3 is 2.67 bits per heavy atom. The number of aromatic amines is 1. The number of aliphatic carboxylic acids is 1. The van der Waals surface area contributed by atoms with Crippen LogP contribution in [0.5, 0.6) is 0 Å². The topological polar surface area (TPSA) is 68.4 Å². The summed E-state index contributed by atoms with van der Waals surface area (Å²) in [5.74, 6) is -0.753. The molecule has 128 valence electrons. The van der Waals surface area contributed by atoms with Crippen LogP contribution in [0.15, 0.2) is 24.3 Å². The third-order valence-corrected chi connectivity index (χ3v) is 5.83. The highest BCUT2D eigenvalue weighted by molar-refractivity contribution is 5.87. The van der Waals surface area contributed by atoms with E-state index in [1.165, 1.54) is 16.6 Å².